The van der Waals surface area contributed by atoms with Crippen molar-refractivity contribution >= 4 is 28.7 Å². The molecule has 0 aliphatic carbocycles. The van der Waals surface area contributed by atoms with Crippen molar-refractivity contribution in [3.05, 3.63) is 30.1 Å². The Morgan fingerprint density at radius 3 is 3.16 bits per heavy atom. The normalized spacial score (nSPS) is 19.2. The predicted molar refractivity (Wildman–Crippen MR) is 78.2 cm³/mol. The number of benzene rings is 1. The number of nitrogens with one attached hydrogen (secondary N) is 1. The van der Waals surface area contributed by atoms with Gasteiger partial charge in [-0.25, -0.2) is 4.98 Å². The van der Waals surface area contributed by atoms with Crippen molar-refractivity contribution in [3.63, 3.8) is 0 Å². The third kappa shape index (κ3) is 2.34. The summed E-state index contributed by atoms with van der Waals surface area (Å²) in [5, 5.41) is 0. The van der Waals surface area contributed by atoms with Crippen LogP contribution in [-0.2, 0) is 4.79 Å². The monoisotopic (exact) mass is 275 g/mol. The number of nitrogens with zero attached hydrogens (tertiary/aromatic N) is 2. The number of amides is 1. The van der Waals surface area contributed by atoms with Gasteiger partial charge in [-0.2, -0.15) is 11.8 Å². The van der Waals surface area contributed by atoms with E-state index >= 15 is 0 Å². The molecule has 0 saturated carbocycles. The largest absolute Gasteiger partial charge is 0.340 e. The number of H-pyrrole nitrogens is 1. The fraction of sp³-hybridized carbons (Fsp3) is 0.429. The summed E-state index contributed by atoms with van der Waals surface area (Å²) >= 11 is 1.58. The van der Waals surface area contributed by atoms with Crippen LogP contribution in [0.4, 0.5) is 0 Å². The molecule has 1 N–H and O–H groups in total. The minimum absolute atomic E-state index is 0.118. The van der Waals surface area contributed by atoms with Crippen molar-refractivity contribution in [1.29, 1.82) is 0 Å². The summed E-state index contributed by atoms with van der Waals surface area (Å²) in [4.78, 5) is 22.1. The summed E-state index contributed by atoms with van der Waals surface area (Å²) in [5.74, 6) is 1.69. The molecule has 1 amide bonds. The van der Waals surface area contributed by atoms with Gasteiger partial charge < -0.3 is 9.88 Å². The Kier molecular flexibility index (Phi) is 3.46. The van der Waals surface area contributed by atoms with Gasteiger partial charge in [0.2, 0.25) is 5.91 Å². The van der Waals surface area contributed by atoms with Crippen LogP contribution in [0.25, 0.3) is 11.0 Å². The SMILES string of the molecule is CSCC(=O)N1CCCC1c1nc2ccccc2[nH]1. The molecule has 3 rings (SSSR count). The van der Waals surface area contributed by atoms with Crippen LogP contribution < -0.4 is 0 Å². The summed E-state index contributed by atoms with van der Waals surface area (Å²) in [7, 11) is 0. The van der Waals surface area contributed by atoms with Crippen LogP contribution in [0.15, 0.2) is 24.3 Å². The van der Waals surface area contributed by atoms with E-state index in [1.807, 2.05) is 35.4 Å². The molecule has 1 saturated heterocycles. The quantitative estimate of drug-likeness (QED) is 0.936. The Labute approximate surface area is 116 Å². The van der Waals surface area contributed by atoms with Crippen LogP contribution in [0, 0.1) is 0 Å². The summed E-state index contributed by atoms with van der Waals surface area (Å²) in [6, 6.07) is 8.12. The van der Waals surface area contributed by atoms with Crippen LogP contribution in [0.1, 0.15) is 24.7 Å². The highest BCUT2D eigenvalue weighted by Crippen LogP contribution is 2.31. The number of thioether (sulfide) groups is 1. The van der Waals surface area contributed by atoms with E-state index in [0.717, 1.165) is 36.2 Å². The number of carbonyl (C=O) groups excluding carboxylic acids is 1. The fourth-order valence-electron chi connectivity index (χ4n) is 2.69. The van der Waals surface area contributed by atoms with Crippen molar-refractivity contribution in [2.45, 2.75) is 18.9 Å². The van der Waals surface area contributed by atoms with Crippen molar-refractivity contribution in [3.8, 4) is 0 Å². The number of carbonyl (C=O) groups is 1. The van der Waals surface area contributed by atoms with Gasteiger partial charge in [-0.1, -0.05) is 12.1 Å². The molecule has 1 aromatic carbocycles. The highest BCUT2D eigenvalue weighted by molar-refractivity contribution is 7.99. The second-order valence-corrected chi connectivity index (χ2v) is 5.68. The summed E-state index contributed by atoms with van der Waals surface area (Å²) in [6.07, 6.45) is 4.02. The maximum absolute atomic E-state index is 12.1. The third-order valence-electron chi connectivity index (χ3n) is 3.56. The first-order valence-corrected chi connectivity index (χ1v) is 7.92. The Balaban J connectivity index is 1.89. The summed E-state index contributed by atoms with van der Waals surface area (Å²) in [5.41, 5.74) is 2.02. The lowest BCUT2D eigenvalue weighted by molar-refractivity contribution is -0.129. The van der Waals surface area contributed by atoms with E-state index in [2.05, 4.69) is 9.97 Å². The Morgan fingerprint density at radius 2 is 2.37 bits per heavy atom. The molecular formula is C14H17N3OS. The van der Waals surface area contributed by atoms with Crippen LogP contribution in [0.2, 0.25) is 0 Å². The van der Waals surface area contributed by atoms with Crippen molar-refractivity contribution < 1.29 is 4.79 Å². The average Bonchev–Trinajstić information content (AvgIpc) is 3.05. The standard InChI is InChI=1S/C14H17N3OS/c1-19-9-13(18)17-8-4-7-12(17)14-15-10-5-2-3-6-11(10)16-14/h2-3,5-6,12H,4,7-9H2,1H3,(H,15,16). The van der Waals surface area contributed by atoms with Gasteiger partial charge >= 0.3 is 0 Å². The van der Waals surface area contributed by atoms with Gasteiger partial charge in [-0.05, 0) is 31.2 Å². The van der Waals surface area contributed by atoms with Gasteiger partial charge in [0.05, 0.1) is 22.8 Å². The molecule has 0 spiro atoms. The number of aromatic amines is 1. The zero-order valence-electron chi connectivity index (χ0n) is 10.9. The fourth-order valence-corrected chi connectivity index (χ4v) is 3.10. The molecule has 2 aromatic rings. The van der Waals surface area contributed by atoms with E-state index in [-0.39, 0.29) is 11.9 Å². The molecule has 0 radical (unpaired) electrons. The highest BCUT2D eigenvalue weighted by atomic mass is 32.2. The molecule has 1 fully saturated rings. The Bertz CT molecular complexity index is 562. The number of para-hydroxylation sites is 2. The first-order chi connectivity index (χ1) is 9.29. The third-order valence-corrected chi connectivity index (χ3v) is 4.10. The van der Waals surface area contributed by atoms with E-state index in [0.29, 0.717) is 5.75 Å². The average molecular weight is 275 g/mol. The van der Waals surface area contributed by atoms with Crippen LogP contribution in [0.5, 0.6) is 0 Å². The first kappa shape index (κ1) is 12.5. The number of hydrogen-bond acceptors (Lipinski definition) is 3. The molecule has 5 heteroatoms. The van der Waals surface area contributed by atoms with E-state index in [9.17, 15) is 4.79 Å². The van der Waals surface area contributed by atoms with Crippen LogP contribution in [-0.4, -0.2) is 39.3 Å². The van der Waals surface area contributed by atoms with Crippen molar-refractivity contribution in [1.82, 2.24) is 14.9 Å². The molecule has 1 aliphatic rings. The van der Waals surface area contributed by atoms with Gasteiger partial charge in [0.25, 0.3) is 0 Å². The number of hydrogen-bond donors (Lipinski definition) is 1. The van der Waals surface area contributed by atoms with Gasteiger partial charge in [-0.15, -0.1) is 0 Å². The van der Waals surface area contributed by atoms with E-state index < -0.39 is 0 Å². The zero-order valence-corrected chi connectivity index (χ0v) is 11.7. The summed E-state index contributed by atoms with van der Waals surface area (Å²) < 4.78 is 0. The molecule has 0 bridgehead atoms. The second-order valence-electron chi connectivity index (χ2n) is 4.82. The molecule has 1 aliphatic heterocycles. The molecule has 1 atom stereocenters. The van der Waals surface area contributed by atoms with Crippen molar-refractivity contribution in [2.24, 2.45) is 0 Å². The second kappa shape index (κ2) is 5.25. The predicted octanol–water partition coefficient (Wildman–Crippen LogP) is 2.59. The molecule has 2 heterocycles. The number of aromatic nitrogens is 2. The Morgan fingerprint density at radius 1 is 1.53 bits per heavy atom. The topological polar surface area (TPSA) is 49.0 Å². The number of rotatable bonds is 3. The van der Waals surface area contributed by atoms with Crippen molar-refractivity contribution in [2.75, 3.05) is 18.6 Å². The molecule has 1 aromatic heterocycles. The summed E-state index contributed by atoms with van der Waals surface area (Å²) in [6.45, 7) is 0.848. The van der Waals surface area contributed by atoms with Crippen LogP contribution in [0.3, 0.4) is 0 Å². The highest BCUT2D eigenvalue weighted by Gasteiger charge is 2.31. The number of fused-ring (bicyclic) bond motifs is 1. The zero-order chi connectivity index (χ0) is 13.2. The molecule has 100 valence electrons. The molecule has 1 unspecified atom stereocenters. The number of imidazole rings is 1. The van der Waals surface area contributed by atoms with Crippen LogP contribution >= 0.6 is 11.8 Å². The van der Waals surface area contributed by atoms with E-state index in [4.69, 9.17) is 0 Å². The first-order valence-electron chi connectivity index (χ1n) is 6.52. The molecular weight excluding hydrogens is 258 g/mol. The maximum Gasteiger partial charge on any atom is 0.233 e. The van der Waals surface area contributed by atoms with E-state index in [1.54, 1.807) is 11.8 Å². The number of likely N-dealkylation sites (tertiary alicyclic amines) is 1. The minimum Gasteiger partial charge on any atom is -0.340 e. The lowest BCUT2D eigenvalue weighted by Gasteiger charge is -2.22. The van der Waals surface area contributed by atoms with Gasteiger partial charge in [-0.3, -0.25) is 4.79 Å². The molecule has 4 nitrogen and oxygen atoms in total. The smallest absolute Gasteiger partial charge is 0.233 e. The Hall–Kier alpha value is -1.49. The van der Waals surface area contributed by atoms with Gasteiger partial charge in [0.1, 0.15) is 5.82 Å². The van der Waals surface area contributed by atoms with Gasteiger partial charge in [0.15, 0.2) is 0 Å². The van der Waals surface area contributed by atoms with Gasteiger partial charge in [0, 0.05) is 6.54 Å². The lowest BCUT2D eigenvalue weighted by atomic mass is 10.2. The van der Waals surface area contributed by atoms with E-state index in [1.165, 1.54) is 0 Å². The lowest BCUT2D eigenvalue weighted by Crippen LogP contribution is -2.32. The minimum atomic E-state index is 0.118. The maximum atomic E-state index is 12.1. The molecule has 19 heavy (non-hydrogen) atoms.